The normalized spacial score (nSPS) is 13.7. The smallest absolute Gasteiger partial charge is 0.255 e. The number of methoxy groups -OCH3 is 1. The lowest BCUT2D eigenvalue weighted by molar-refractivity contribution is 0.0741. The maximum atomic E-state index is 12.5. The molecule has 202 valence electrons. The average Bonchev–Trinajstić information content (AvgIpc) is 3.42. The summed E-state index contributed by atoms with van der Waals surface area (Å²) in [6.45, 7) is 2.78. The fourth-order valence-electron chi connectivity index (χ4n) is 4.50. The molecule has 1 aromatic heterocycles. The first kappa shape index (κ1) is 27.8. The number of amides is 1. The third-order valence-corrected chi connectivity index (χ3v) is 6.66. The Morgan fingerprint density at radius 3 is 2.44 bits per heavy atom. The minimum absolute atomic E-state index is 0.0194. The Morgan fingerprint density at radius 1 is 1.05 bits per heavy atom. The number of carbonyl (C=O) groups is 1. The monoisotopic (exact) mass is 525 g/mol. The summed E-state index contributed by atoms with van der Waals surface area (Å²) in [7, 11) is 1.70. The van der Waals surface area contributed by atoms with Gasteiger partial charge in [-0.2, -0.15) is 0 Å². The van der Waals surface area contributed by atoms with Crippen LogP contribution in [0.1, 0.15) is 52.5 Å². The minimum atomic E-state index is -0.186. The van der Waals surface area contributed by atoms with Crippen LogP contribution < -0.4 is 11.1 Å². The van der Waals surface area contributed by atoms with Crippen LogP contribution in [0.25, 0.3) is 0 Å². The van der Waals surface area contributed by atoms with Gasteiger partial charge in [0.25, 0.3) is 5.91 Å². The number of nitrogen functional groups attached to an aromatic ring is 1. The number of carbonyl (C=O) groups excluding carboxylic acids is 1. The molecule has 3 aromatic carbocycles. The van der Waals surface area contributed by atoms with E-state index in [0.717, 1.165) is 23.2 Å². The molecule has 0 saturated carbocycles. The van der Waals surface area contributed by atoms with E-state index < -0.39 is 0 Å². The highest BCUT2D eigenvalue weighted by atomic mass is 16.5. The maximum absolute atomic E-state index is 12.5. The zero-order valence-electron chi connectivity index (χ0n) is 22.3. The van der Waals surface area contributed by atoms with Crippen LogP contribution in [0, 0.1) is 5.92 Å². The van der Waals surface area contributed by atoms with Crippen LogP contribution in [-0.4, -0.2) is 39.7 Å². The molecule has 3 atom stereocenters. The quantitative estimate of drug-likeness (QED) is 0.173. The number of rotatable bonds is 12. The van der Waals surface area contributed by atoms with E-state index in [4.69, 9.17) is 10.5 Å². The van der Waals surface area contributed by atoms with Gasteiger partial charge in [-0.25, -0.2) is 0 Å². The third-order valence-electron chi connectivity index (χ3n) is 6.66. The van der Waals surface area contributed by atoms with Crippen LogP contribution in [0.15, 0.2) is 97.2 Å². The molecule has 4 aromatic rings. The lowest BCUT2D eigenvalue weighted by Gasteiger charge is -2.21. The number of aliphatic hydroxyl groups is 1. The van der Waals surface area contributed by atoms with E-state index in [0.29, 0.717) is 23.5 Å². The van der Waals surface area contributed by atoms with Crippen molar-refractivity contribution in [2.45, 2.75) is 31.9 Å². The number of ether oxygens (including phenoxy) is 1. The highest BCUT2D eigenvalue weighted by Crippen LogP contribution is 2.28. The van der Waals surface area contributed by atoms with Gasteiger partial charge in [0.1, 0.15) is 0 Å². The molecular formula is C31H35N5O3. The van der Waals surface area contributed by atoms with E-state index >= 15 is 0 Å². The van der Waals surface area contributed by atoms with Crippen LogP contribution in [-0.2, 0) is 11.3 Å². The van der Waals surface area contributed by atoms with Gasteiger partial charge in [0, 0.05) is 42.7 Å². The number of hydrogen-bond acceptors (Lipinski definition) is 6. The Labute approximate surface area is 229 Å². The van der Waals surface area contributed by atoms with Crippen molar-refractivity contribution in [2.24, 2.45) is 5.92 Å². The van der Waals surface area contributed by atoms with Crippen LogP contribution >= 0.6 is 0 Å². The maximum Gasteiger partial charge on any atom is 0.255 e. The SMILES string of the molecule is CO[C@@H](c1ccc(NC(=O)c2ccc(N)cc2)cc1)[C@@H](C)/C=C/CCn1cc(C(CO)c2ccccc2)nn1. The van der Waals surface area contributed by atoms with Crippen molar-refractivity contribution in [2.75, 3.05) is 24.8 Å². The van der Waals surface area contributed by atoms with Crippen LogP contribution in [0.2, 0.25) is 0 Å². The summed E-state index contributed by atoms with van der Waals surface area (Å²) in [5, 5.41) is 21.3. The Balaban J connectivity index is 1.30. The van der Waals surface area contributed by atoms with Gasteiger partial charge in [0.15, 0.2) is 0 Å². The van der Waals surface area contributed by atoms with Crippen molar-refractivity contribution in [3.05, 3.63) is 120 Å². The number of anilines is 2. The second kappa shape index (κ2) is 13.5. The number of nitrogens with one attached hydrogen (secondary N) is 1. The molecule has 0 saturated heterocycles. The molecule has 8 nitrogen and oxygen atoms in total. The molecule has 0 fully saturated rings. The van der Waals surface area contributed by atoms with E-state index in [1.807, 2.05) is 60.8 Å². The molecule has 0 spiro atoms. The van der Waals surface area contributed by atoms with Gasteiger partial charge < -0.3 is 20.9 Å². The molecule has 0 aliphatic carbocycles. The molecule has 1 unspecified atom stereocenters. The van der Waals surface area contributed by atoms with E-state index in [1.165, 1.54) is 0 Å². The van der Waals surface area contributed by atoms with Crippen molar-refractivity contribution in [1.29, 1.82) is 0 Å². The van der Waals surface area contributed by atoms with Crippen molar-refractivity contribution in [3.63, 3.8) is 0 Å². The number of aliphatic hydroxyl groups excluding tert-OH is 1. The largest absolute Gasteiger partial charge is 0.399 e. The molecular weight excluding hydrogens is 490 g/mol. The lowest BCUT2D eigenvalue weighted by Crippen LogP contribution is -2.13. The predicted molar refractivity (Wildman–Crippen MR) is 153 cm³/mol. The Morgan fingerprint density at radius 2 is 1.77 bits per heavy atom. The zero-order chi connectivity index (χ0) is 27.6. The summed E-state index contributed by atoms with van der Waals surface area (Å²) >= 11 is 0. The Hall–Kier alpha value is -4.27. The number of hydrogen-bond donors (Lipinski definition) is 3. The van der Waals surface area contributed by atoms with Gasteiger partial charge in [0.2, 0.25) is 0 Å². The fraction of sp³-hybridized carbons (Fsp3) is 0.258. The molecule has 8 heteroatoms. The number of benzene rings is 3. The molecule has 4 N–H and O–H groups in total. The molecule has 39 heavy (non-hydrogen) atoms. The molecule has 0 aliphatic rings. The van der Waals surface area contributed by atoms with Gasteiger partial charge in [-0.15, -0.1) is 5.10 Å². The summed E-state index contributed by atoms with van der Waals surface area (Å²) in [6, 6.07) is 24.4. The Bertz CT molecular complexity index is 1350. The van der Waals surface area contributed by atoms with Gasteiger partial charge in [0.05, 0.1) is 24.3 Å². The topological polar surface area (TPSA) is 115 Å². The second-order valence-electron chi connectivity index (χ2n) is 9.48. The van der Waals surface area contributed by atoms with E-state index in [1.54, 1.807) is 36.1 Å². The lowest BCUT2D eigenvalue weighted by atomic mass is 9.96. The van der Waals surface area contributed by atoms with E-state index in [2.05, 4.69) is 34.7 Å². The average molecular weight is 526 g/mol. The summed E-state index contributed by atoms with van der Waals surface area (Å²) in [6.07, 6.45) is 6.83. The zero-order valence-corrected chi connectivity index (χ0v) is 22.3. The van der Waals surface area contributed by atoms with Crippen LogP contribution in [0.5, 0.6) is 0 Å². The number of allylic oxidation sites excluding steroid dienone is 1. The second-order valence-corrected chi connectivity index (χ2v) is 9.48. The molecule has 1 heterocycles. The molecule has 0 aliphatic heterocycles. The van der Waals surface area contributed by atoms with Gasteiger partial charge >= 0.3 is 0 Å². The molecule has 0 radical (unpaired) electrons. The van der Waals surface area contributed by atoms with E-state index in [-0.39, 0.29) is 30.5 Å². The molecule has 0 bridgehead atoms. The first-order valence-electron chi connectivity index (χ1n) is 13.0. The first-order valence-corrected chi connectivity index (χ1v) is 13.0. The van der Waals surface area contributed by atoms with Gasteiger partial charge in [-0.05, 0) is 53.9 Å². The third kappa shape index (κ3) is 7.40. The van der Waals surface area contributed by atoms with Crippen LogP contribution in [0.3, 0.4) is 0 Å². The number of nitrogens with two attached hydrogens (primary N) is 1. The summed E-state index contributed by atoms with van der Waals surface area (Å²) in [5.74, 6) is -0.238. The highest BCUT2D eigenvalue weighted by molar-refractivity contribution is 6.04. The summed E-state index contributed by atoms with van der Waals surface area (Å²) in [4.78, 5) is 12.5. The number of aromatic nitrogens is 3. The fourth-order valence-corrected chi connectivity index (χ4v) is 4.50. The molecule has 1 amide bonds. The van der Waals surface area contributed by atoms with Crippen molar-refractivity contribution in [1.82, 2.24) is 15.0 Å². The minimum Gasteiger partial charge on any atom is -0.399 e. The van der Waals surface area contributed by atoms with Crippen molar-refractivity contribution in [3.8, 4) is 0 Å². The molecule has 4 rings (SSSR count). The first-order chi connectivity index (χ1) is 19.0. The van der Waals surface area contributed by atoms with Crippen molar-refractivity contribution < 1.29 is 14.6 Å². The summed E-state index contributed by atoms with van der Waals surface area (Å²) < 4.78 is 7.60. The number of nitrogens with zero attached hydrogens (tertiary/aromatic N) is 3. The van der Waals surface area contributed by atoms with Crippen molar-refractivity contribution >= 4 is 17.3 Å². The highest BCUT2D eigenvalue weighted by Gasteiger charge is 2.18. The van der Waals surface area contributed by atoms with Gasteiger partial charge in [-0.3, -0.25) is 9.48 Å². The predicted octanol–water partition coefficient (Wildman–Crippen LogP) is 5.21. The standard InChI is InChI=1S/C31H35N5O3/c1-22(8-6-7-19-36-20-29(34-35-36)28(21-37)23-9-4-3-5-10-23)30(39-2)24-13-17-27(18-14-24)33-31(38)25-11-15-26(32)16-12-25/h3-6,8-18,20,22,28,30,37H,7,19,21,32H2,1-2H3,(H,33,38)/b8-6+/t22-,28?,30+/m0/s1. The van der Waals surface area contributed by atoms with E-state index in [9.17, 15) is 9.90 Å². The summed E-state index contributed by atoms with van der Waals surface area (Å²) in [5.41, 5.74) is 10.4. The van der Waals surface area contributed by atoms with Gasteiger partial charge in [-0.1, -0.05) is 66.8 Å². The number of aryl methyl sites for hydroxylation is 1. The van der Waals surface area contributed by atoms with Crippen LogP contribution in [0.4, 0.5) is 11.4 Å². The Kier molecular flexibility index (Phi) is 9.61.